The zero-order valence-corrected chi connectivity index (χ0v) is 18.0. The third-order valence-electron chi connectivity index (χ3n) is 6.24. The quantitative estimate of drug-likeness (QED) is 0.516. The van der Waals surface area contributed by atoms with Gasteiger partial charge in [0.25, 0.3) is 0 Å². The van der Waals surface area contributed by atoms with Gasteiger partial charge in [-0.25, -0.2) is 9.97 Å². The molecule has 3 N–H and O–H groups in total. The Hall–Kier alpha value is -2.80. The van der Waals surface area contributed by atoms with Gasteiger partial charge in [-0.3, -0.25) is 4.90 Å². The monoisotopic (exact) mass is 435 g/mol. The molecule has 9 heteroatoms. The number of hydrogen-bond acceptors (Lipinski definition) is 9. The minimum Gasteiger partial charge on any atom is -0.391 e. The van der Waals surface area contributed by atoms with Crippen LogP contribution in [-0.4, -0.2) is 49.6 Å². The molecule has 0 saturated carbocycles. The van der Waals surface area contributed by atoms with Crippen LogP contribution in [0.25, 0.3) is 10.9 Å². The third kappa shape index (κ3) is 4.19. The van der Waals surface area contributed by atoms with Crippen molar-refractivity contribution in [1.82, 2.24) is 19.9 Å². The second kappa shape index (κ2) is 8.75. The first kappa shape index (κ1) is 20.1. The van der Waals surface area contributed by atoms with Gasteiger partial charge in [-0.15, -0.1) is 0 Å². The van der Waals surface area contributed by atoms with Crippen molar-refractivity contribution < 1.29 is 5.11 Å². The fourth-order valence-corrected chi connectivity index (χ4v) is 5.57. The summed E-state index contributed by atoms with van der Waals surface area (Å²) in [5.41, 5.74) is 0.871. The molecule has 3 aromatic rings. The molecule has 2 unspecified atom stereocenters. The number of nitrogens with one attached hydrogen (secondary N) is 2. The van der Waals surface area contributed by atoms with E-state index in [2.05, 4.69) is 26.6 Å². The van der Waals surface area contributed by atoms with Crippen LogP contribution in [0.3, 0.4) is 0 Å². The summed E-state index contributed by atoms with van der Waals surface area (Å²) in [6, 6.07) is 11.6. The summed E-state index contributed by atoms with van der Waals surface area (Å²) in [5.74, 6) is 1.33. The van der Waals surface area contributed by atoms with Crippen molar-refractivity contribution >= 4 is 39.1 Å². The number of piperidine rings is 1. The maximum atomic E-state index is 9.32. The molecule has 1 aromatic carbocycles. The third-order valence-corrected chi connectivity index (χ3v) is 7.13. The number of aliphatic hydroxyl groups is 1. The molecule has 0 amide bonds. The van der Waals surface area contributed by atoms with Gasteiger partial charge in [0.15, 0.2) is 5.13 Å². The molecule has 3 atom stereocenters. The van der Waals surface area contributed by atoms with E-state index in [-0.39, 0.29) is 6.61 Å². The standard InChI is InChI=1S/C22H25N7OS/c23-8-3-9-29-15-6-7-16(29)11-14(10-15)25-21-26-19-5-2-1-4-18(19)20(27-21)28-22-24-12-17(13-30)31-22/h1-2,4-5,12,14-16,30H,3,6-7,9-11,13H2,(H2,24,25,26,27,28)/t14?,15-,16?/m0/s1. The number of thiazole rings is 1. The summed E-state index contributed by atoms with van der Waals surface area (Å²) < 4.78 is 0. The second-order valence-corrected chi connectivity index (χ2v) is 9.29. The number of fused-ring (bicyclic) bond motifs is 3. The van der Waals surface area contributed by atoms with Crippen molar-refractivity contribution in [2.45, 2.75) is 56.8 Å². The molecule has 160 valence electrons. The Bertz CT molecular complexity index is 1100. The molecular weight excluding hydrogens is 410 g/mol. The number of para-hydroxylation sites is 1. The van der Waals surface area contributed by atoms with Gasteiger partial charge in [-0.1, -0.05) is 23.5 Å². The van der Waals surface area contributed by atoms with Crippen molar-refractivity contribution in [3.63, 3.8) is 0 Å². The Labute approximate surface area is 185 Å². The molecule has 0 radical (unpaired) electrons. The predicted octanol–water partition coefficient (Wildman–Crippen LogP) is 3.64. The fourth-order valence-electron chi connectivity index (χ4n) is 4.89. The minimum absolute atomic E-state index is 0.0218. The van der Waals surface area contributed by atoms with Crippen molar-refractivity contribution in [1.29, 1.82) is 5.26 Å². The van der Waals surface area contributed by atoms with Crippen LogP contribution in [0.2, 0.25) is 0 Å². The molecule has 2 aliphatic rings. The van der Waals surface area contributed by atoms with Crippen molar-refractivity contribution in [3.05, 3.63) is 35.3 Å². The van der Waals surface area contributed by atoms with E-state index >= 15 is 0 Å². The van der Waals surface area contributed by atoms with Crippen LogP contribution in [0, 0.1) is 11.3 Å². The first-order chi connectivity index (χ1) is 15.2. The summed E-state index contributed by atoms with van der Waals surface area (Å²) in [5, 5.41) is 26.8. The zero-order valence-electron chi connectivity index (χ0n) is 17.2. The van der Waals surface area contributed by atoms with E-state index < -0.39 is 0 Å². The lowest BCUT2D eigenvalue weighted by atomic mass is 9.97. The van der Waals surface area contributed by atoms with Crippen molar-refractivity contribution in [3.8, 4) is 6.07 Å². The van der Waals surface area contributed by atoms with E-state index in [4.69, 9.17) is 15.2 Å². The highest BCUT2D eigenvalue weighted by Crippen LogP contribution is 2.37. The zero-order chi connectivity index (χ0) is 21.2. The summed E-state index contributed by atoms with van der Waals surface area (Å²) in [6.07, 6.45) is 6.78. The number of aliphatic hydroxyl groups excluding tert-OH is 1. The molecular formula is C22H25N7OS. The molecule has 0 aliphatic carbocycles. The Kier molecular flexibility index (Phi) is 5.68. The first-order valence-corrected chi connectivity index (χ1v) is 11.5. The van der Waals surface area contributed by atoms with Crippen LogP contribution in [0.15, 0.2) is 30.5 Å². The molecule has 31 heavy (non-hydrogen) atoms. The number of nitriles is 1. The molecule has 2 saturated heterocycles. The number of aromatic nitrogens is 3. The summed E-state index contributed by atoms with van der Waals surface area (Å²) in [6.45, 7) is 0.856. The average Bonchev–Trinajstić information content (AvgIpc) is 3.33. The number of anilines is 3. The Morgan fingerprint density at radius 3 is 2.74 bits per heavy atom. The highest BCUT2D eigenvalue weighted by atomic mass is 32.1. The van der Waals surface area contributed by atoms with E-state index in [0.717, 1.165) is 35.2 Å². The van der Waals surface area contributed by atoms with Crippen LogP contribution in [0.4, 0.5) is 16.9 Å². The SMILES string of the molecule is N#CCCN1C2CC[C@H]1CC(Nc1nc(Nc3ncc(CO)s3)c3ccccc3n1)C2. The van der Waals surface area contributed by atoms with Crippen LogP contribution in [0.5, 0.6) is 0 Å². The van der Waals surface area contributed by atoms with Crippen LogP contribution in [0.1, 0.15) is 37.0 Å². The first-order valence-electron chi connectivity index (χ1n) is 10.7. The Morgan fingerprint density at radius 2 is 2.00 bits per heavy atom. The van der Waals surface area contributed by atoms with Gasteiger partial charge >= 0.3 is 0 Å². The Balaban J connectivity index is 1.36. The van der Waals surface area contributed by atoms with Crippen LogP contribution in [-0.2, 0) is 6.61 Å². The van der Waals surface area contributed by atoms with Gasteiger partial charge in [0, 0.05) is 42.7 Å². The van der Waals surface area contributed by atoms with Crippen LogP contribution >= 0.6 is 11.3 Å². The smallest absolute Gasteiger partial charge is 0.225 e. The number of benzene rings is 1. The Morgan fingerprint density at radius 1 is 1.19 bits per heavy atom. The van der Waals surface area contributed by atoms with E-state index in [1.54, 1.807) is 6.20 Å². The van der Waals surface area contributed by atoms with Crippen molar-refractivity contribution in [2.24, 2.45) is 0 Å². The lowest BCUT2D eigenvalue weighted by Crippen LogP contribution is -2.47. The second-order valence-electron chi connectivity index (χ2n) is 8.17. The molecule has 2 bridgehead atoms. The number of rotatable bonds is 7. The maximum absolute atomic E-state index is 9.32. The molecule has 2 aliphatic heterocycles. The van der Waals surface area contributed by atoms with Crippen LogP contribution < -0.4 is 10.6 Å². The highest BCUT2D eigenvalue weighted by molar-refractivity contribution is 7.15. The van der Waals surface area contributed by atoms with E-state index in [9.17, 15) is 5.11 Å². The normalized spacial score (nSPS) is 23.0. The lowest BCUT2D eigenvalue weighted by Gasteiger charge is -2.38. The summed E-state index contributed by atoms with van der Waals surface area (Å²) >= 11 is 1.41. The largest absolute Gasteiger partial charge is 0.391 e. The molecule has 2 fully saturated rings. The molecule has 4 heterocycles. The summed E-state index contributed by atoms with van der Waals surface area (Å²) in [4.78, 5) is 17.2. The fraction of sp³-hybridized carbons (Fsp3) is 0.455. The van der Waals surface area contributed by atoms with E-state index in [0.29, 0.717) is 41.4 Å². The number of hydrogen-bond donors (Lipinski definition) is 3. The molecule has 8 nitrogen and oxygen atoms in total. The summed E-state index contributed by atoms with van der Waals surface area (Å²) in [7, 11) is 0. The van der Waals surface area contributed by atoms with Gasteiger partial charge in [-0.2, -0.15) is 10.2 Å². The van der Waals surface area contributed by atoms with Gasteiger partial charge in [-0.05, 0) is 37.8 Å². The topological polar surface area (TPSA) is 110 Å². The minimum atomic E-state index is -0.0218. The predicted molar refractivity (Wildman–Crippen MR) is 121 cm³/mol. The van der Waals surface area contributed by atoms with Gasteiger partial charge in [0.1, 0.15) is 5.82 Å². The average molecular weight is 436 g/mol. The highest BCUT2D eigenvalue weighted by Gasteiger charge is 2.40. The maximum Gasteiger partial charge on any atom is 0.225 e. The van der Waals surface area contributed by atoms with Crippen molar-refractivity contribution in [2.75, 3.05) is 17.2 Å². The number of nitrogens with zero attached hydrogens (tertiary/aromatic N) is 5. The molecule has 2 aromatic heterocycles. The van der Waals surface area contributed by atoms with Gasteiger partial charge in [0.05, 0.1) is 23.1 Å². The molecule has 5 rings (SSSR count). The van der Waals surface area contributed by atoms with E-state index in [1.165, 1.54) is 24.2 Å². The van der Waals surface area contributed by atoms with Gasteiger partial charge < -0.3 is 15.7 Å². The van der Waals surface area contributed by atoms with Gasteiger partial charge in [0.2, 0.25) is 5.95 Å². The molecule has 0 spiro atoms. The lowest BCUT2D eigenvalue weighted by molar-refractivity contribution is 0.135. The van der Waals surface area contributed by atoms with E-state index in [1.807, 2.05) is 24.3 Å².